The van der Waals surface area contributed by atoms with Crippen LogP contribution in [0.2, 0.25) is 0 Å². The lowest BCUT2D eigenvalue weighted by atomic mass is 10.1. The lowest BCUT2D eigenvalue weighted by molar-refractivity contribution is -0.0498. The summed E-state index contributed by atoms with van der Waals surface area (Å²) in [6, 6.07) is 14.1. The number of ketones is 1. The maximum absolute atomic E-state index is 12.2. The second-order valence-electron chi connectivity index (χ2n) is 5.66. The summed E-state index contributed by atoms with van der Waals surface area (Å²) in [5.41, 5.74) is 1.22. The number of halogens is 2. The van der Waals surface area contributed by atoms with Crippen LogP contribution < -0.4 is 4.74 Å². The Hall–Kier alpha value is -3.62. The number of nitrogens with zero attached hydrogens (tertiary/aromatic N) is 3. The Balaban J connectivity index is 1.62. The number of Topliss-reactive ketones (excluding diaryl/α,β-unsaturated/α-hetero) is 1. The van der Waals surface area contributed by atoms with Crippen LogP contribution in [0.3, 0.4) is 0 Å². The first-order chi connectivity index (χ1) is 13.4. The SMILES string of the molecule is Cc1nn(-c2ccccc2)nc1C(=O)OCC(=O)c1ccc(OC(F)F)cc1. The summed E-state index contributed by atoms with van der Waals surface area (Å²) in [7, 11) is 0. The number of aryl methyl sites for hydroxylation is 1. The molecule has 0 amide bonds. The van der Waals surface area contributed by atoms with Crippen molar-refractivity contribution >= 4 is 11.8 Å². The van der Waals surface area contributed by atoms with Crippen LogP contribution in [0.15, 0.2) is 54.6 Å². The van der Waals surface area contributed by atoms with E-state index in [-0.39, 0.29) is 17.0 Å². The molecule has 0 saturated carbocycles. The number of rotatable bonds is 7. The molecule has 0 unspecified atom stereocenters. The van der Waals surface area contributed by atoms with E-state index in [1.807, 2.05) is 18.2 Å². The topological polar surface area (TPSA) is 83.3 Å². The highest BCUT2D eigenvalue weighted by Gasteiger charge is 2.19. The molecule has 144 valence electrons. The summed E-state index contributed by atoms with van der Waals surface area (Å²) in [4.78, 5) is 25.6. The average Bonchev–Trinajstić information content (AvgIpc) is 3.08. The number of ether oxygens (including phenoxy) is 2. The van der Waals surface area contributed by atoms with Crippen molar-refractivity contribution in [2.45, 2.75) is 13.5 Å². The van der Waals surface area contributed by atoms with Gasteiger partial charge < -0.3 is 9.47 Å². The van der Waals surface area contributed by atoms with Gasteiger partial charge in [0.15, 0.2) is 18.1 Å². The van der Waals surface area contributed by atoms with E-state index >= 15 is 0 Å². The number of aromatic nitrogens is 3. The first kappa shape index (κ1) is 19.2. The fourth-order valence-corrected chi connectivity index (χ4v) is 2.35. The van der Waals surface area contributed by atoms with Crippen LogP contribution in [0.1, 0.15) is 26.5 Å². The third kappa shape index (κ3) is 4.56. The van der Waals surface area contributed by atoms with Gasteiger partial charge in [0, 0.05) is 5.56 Å². The number of carbonyl (C=O) groups excluding carboxylic acids is 2. The van der Waals surface area contributed by atoms with Gasteiger partial charge in [0.2, 0.25) is 0 Å². The molecule has 0 bridgehead atoms. The molecule has 3 rings (SSSR count). The molecule has 0 radical (unpaired) electrons. The Morgan fingerprint density at radius 1 is 1.04 bits per heavy atom. The normalized spacial score (nSPS) is 10.7. The molecular weight excluding hydrogens is 372 g/mol. The van der Waals surface area contributed by atoms with Gasteiger partial charge in [-0.25, -0.2) is 4.79 Å². The molecule has 0 atom stereocenters. The molecule has 7 nitrogen and oxygen atoms in total. The molecule has 9 heteroatoms. The molecule has 0 N–H and O–H groups in total. The molecule has 1 aromatic heterocycles. The van der Waals surface area contributed by atoms with E-state index in [4.69, 9.17) is 4.74 Å². The second-order valence-corrected chi connectivity index (χ2v) is 5.66. The molecule has 0 aliphatic rings. The van der Waals surface area contributed by atoms with Crippen molar-refractivity contribution in [2.75, 3.05) is 6.61 Å². The van der Waals surface area contributed by atoms with E-state index in [2.05, 4.69) is 14.9 Å². The zero-order valence-corrected chi connectivity index (χ0v) is 14.7. The summed E-state index contributed by atoms with van der Waals surface area (Å²) in [6.45, 7) is -1.87. The predicted molar refractivity (Wildman–Crippen MR) is 93.8 cm³/mol. The van der Waals surface area contributed by atoms with Crippen molar-refractivity contribution in [3.63, 3.8) is 0 Å². The Morgan fingerprint density at radius 2 is 1.71 bits per heavy atom. The minimum atomic E-state index is -2.95. The highest BCUT2D eigenvalue weighted by atomic mass is 19.3. The maximum atomic E-state index is 12.2. The molecule has 2 aromatic carbocycles. The van der Waals surface area contributed by atoms with Gasteiger partial charge >= 0.3 is 12.6 Å². The van der Waals surface area contributed by atoms with Gasteiger partial charge in [-0.05, 0) is 43.3 Å². The number of benzene rings is 2. The molecule has 0 aliphatic heterocycles. The molecule has 3 aromatic rings. The van der Waals surface area contributed by atoms with Gasteiger partial charge in [-0.1, -0.05) is 18.2 Å². The largest absolute Gasteiger partial charge is 0.452 e. The van der Waals surface area contributed by atoms with Gasteiger partial charge in [-0.2, -0.15) is 18.7 Å². The smallest absolute Gasteiger partial charge is 0.387 e. The van der Waals surface area contributed by atoms with E-state index in [1.54, 1.807) is 19.1 Å². The standard InChI is InChI=1S/C19H15F2N3O4/c1-12-17(23-24(22-12)14-5-3-2-4-6-14)18(26)27-11-16(25)13-7-9-15(10-8-13)28-19(20)21/h2-10,19H,11H2,1H3. The van der Waals surface area contributed by atoms with Crippen LogP contribution in [-0.4, -0.2) is 40.0 Å². The highest BCUT2D eigenvalue weighted by molar-refractivity contribution is 5.99. The first-order valence-electron chi connectivity index (χ1n) is 8.18. The number of para-hydroxylation sites is 1. The highest BCUT2D eigenvalue weighted by Crippen LogP contribution is 2.15. The number of carbonyl (C=O) groups is 2. The molecule has 1 heterocycles. The zero-order chi connectivity index (χ0) is 20.1. The van der Waals surface area contributed by atoms with Crippen molar-refractivity contribution < 1.29 is 27.8 Å². The van der Waals surface area contributed by atoms with Crippen molar-refractivity contribution in [3.8, 4) is 11.4 Å². The van der Waals surface area contributed by atoms with Crippen LogP contribution in [0, 0.1) is 6.92 Å². The third-order valence-electron chi connectivity index (χ3n) is 3.70. The summed E-state index contributed by atoms with van der Waals surface area (Å²) in [6.07, 6.45) is 0. The van der Waals surface area contributed by atoms with E-state index < -0.39 is 25.0 Å². The van der Waals surface area contributed by atoms with Crippen LogP contribution in [0.4, 0.5) is 8.78 Å². The molecule has 28 heavy (non-hydrogen) atoms. The fourth-order valence-electron chi connectivity index (χ4n) is 2.35. The Kier molecular flexibility index (Phi) is 5.73. The van der Waals surface area contributed by atoms with Crippen LogP contribution in [0.25, 0.3) is 5.69 Å². The minimum Gasteiger partial charge on any atom is -0.452 e. The minimum absolute atomic E-state index is 0.00247. The van der Waals surface area contributed by atoms with Crippen LogP contribution in [-0.2, 0) is 4.74 Å². The van der Waals surface area contributed by atoms with Crippen molar-refractivity contribution in [1.82, 2.24) is 15.0 Å². The number of hydrogen-bond donors (Lipinski definition) is 0. The number of esters is 1. The van der Waals surface area contributed by atoms with Gasteiger partial charge in [0.25, 0.3) is 0 Å². The van der Waals surface area contributed by atoms with Gasteiger partial charge in [0.05, 0.1) is 11.4 Å². The van der Waals surface area contributed by atoms with E-state index in [1.165, 1.54) is 29.1 Å². The average molecular weight is 387 g/mol. The van der Waals surface area contributed by atoms with Crippen LogP contribution in [0.5, 0.6) is 5.75 Å². The second kappa shape index (κ2) is 8.38. The van der Waals surface area contributed by atoms with Crippen molar-refractivity contribution in [3.05, 3.63) is 71.5 Å². The monoisotopic (exact) mass is 387 g/mol. The van der Waals surface area contributed by atoms with Crippen molar-refractivity contribution in [1.29, 1.82) is 0 Å². The van der Waals surface area contributed by atoms with Gasteiger partial charge in [-0.3, -0.25) is 4.79 Å². The third-order valence-corrected chi connectivity index (χ3v) is 3.70. The van der Waals surface area contributed by atoms with Crippen molar-refractivity contribution in [2.24, 2.45) is 0 Å². The molecule has 0 aliphatic carbocycles. The molecule has 0 spiro atoms. The quantitative estimate of drug-likeness (QED) is 0.457. The lowest BCUT2D eigenvalue weighted by Gasteiger charge is -2.06. The fraction of sp³-hybridized carbons (Fsp3) is 0.158. The molecule has 0 fully saturated rings. The molecule has 0 saturated heterocycles. The Bertz CT molecular complexity index is 973. The number of hydrogen-bond acceptors (Lipinski definition) is 6. The van der Waals surface area contributed by atoms with E-state index in [9.17, 15) is 18.4 Å². The predicted octanol–water partition coefficient (Wildman–Crippen LogP) is 3.22. The number of alkyl halides is 2. The summed E-state index contributed by atoms with van der Waals surface area (Å²) >= 11 is 0. The first-order valence-corrected chi connectivity index (χ1v) is 8.18. The van der Waals surface area contributed by atoms with E-state index in [0.717, 1.165) is 0 Å². The summed E-state index contributed by atoms with van der Waals surface area (Å²) in [5.74, 6) is -1.35. The lowest BCUT2D eigenvalue weighted by Crippen LogP contribution is -2.15. The van der Waals surface area contributed by atoms with Crippen LogP contribution >= 0.6 is 0 Å². The van der Waals surface area contributed by atoms with Gasteiger partial charge in [0.1, 0.15) is 5.75 Å². The summed E-state index contributed by atoms with van der Waals surface area (Å²) < 4.78 is 33.5. The van der Waals surface area contributed by atoms with E-state index in [0.29, 0.717) is 11.4 Å². The zero-order valence-electron chi connectivity index (χ0n) is 14.7. The van der Waals surface area contributed by atoms with Gasteiger partial charge in [-0.15, -0.1) is 5.10 Å². The Morgan fingerprint density at radius 3 is 2.36 bits per heavy atom. The Labute approximate surface area is 158 Å². The maximum Gasteiger partial charge on any atom is 0.387 e. The summed E-state index contributed by atoms with van der Waals surface area (Å²) in [5, 5.41) is 8.27. The molecular formula is C19H15F2N3O4.